The van der Waals surface area contributed by atoms with Gasteiger partial charge in [0.2, 0.25) is 0 Å². The van der Waals surface area contributed by atoms with Crippen LogP contribution in [0.15, 0.2) is 10.6 Å². The normalized spacial score (nSPS) is 29.3. The highest BCUT2D eigenvalue weighted by atomic mass is 32.2. The SMILES string of the molecule is Cc1cc(C[S@@](=O)CCC2C[C@@H](C)C[C@@H](C)C2)on1. The molecule has 1 unspecified atom stereocenters. The minimum absolute atomic E-state index is 0.513. The van der Waals surface area contributed by atoms with E-state index in [-0.39, 0.29) is 0 Å². The maximum atomic E-state index is 12.1. The molecule has 4 atom stereocenters. The van der Waals surface area contributed by atoms with Crippen LogP contribution in [-0.4, -0.2) is 15.1 Å². The van der Waals surface area contributed by atoms with Crippen LogP contribution in [0.2, 0.25) is 0 Å². The van der Waals surface area contributed by atoms with E-state index in [1.165, 1.54) is 19.3 Å². The van der Waals surface area contributed by atoms with Crippen molar-refractivity contribution >= 4 is 10.8 Å². The number of hydrogen-bond donors (Lipinski definition) is 0. The summed E-state index contributed by atoms with van der Waals surface area (Å²) in [6.45, 7) is 6.58. The zero-order valence-electron chi connectivity index (χ0n) is 12.2. The van der Waals surface area contributed by atoms with Gasteiger partial charge in [0.25, 0.3) is 0 Å². The highest BCUT2D eigenvalue weighted by Crippen LogP contribution is 2.34. The molecule has 0 bridgehead atoms. The maximum Gasteiger partial charge on any atom is 0.149 e. The Hall–Kier alpha value is -0.640. The standard InChI is InChI=1S/C15H25NO2S/c1-11-6-12(2)8-14(7-11)4-5-19(17)10-15-9-13(3)16-18-15/h9,11-12,14H,4-8,10H2,1-3H3/t11-,12+,14?,19-/m0/s1. The summed E-state index contributed by atoms with van der Waals surface area (Å²) in [6.07, 6.45) is 5.07. The highest BCUT2D eigenvalue weighted by molar-refractivity contribution is 7.84. The van der Waals surface area contributed by atoms with Gasteiger partial charge in [-0.05, 0) is 50.4 Å². The van der Waals surface area contributed by atoms with Crippen molar-refractivity contribution in [3.05, 3.63) is 17.5 Å². The van der Waals surface area contributed by atoms with Crippen LogP contribution in [0.5, 0.6) is 0 Å². The molecule has 1 heterocycles. The molecule has 1 aliphatic rings. The molecule has 1 saturated carbocycles. The number of aryl methyl sites for hydroxylation is 1. The minimum atomic E-state index is -0.816. The predicted molar refractivity (Wildman–Crippen MR) is 78.2 cm³/mol. The van der Waals surface area contributed by atoms with Crippen molar-refractivity contribution in [3.8, 4) is 0 Å². The molecule has 3 nitrogen and oxygen atoms in total. The number of hydrogen-bond acceptors (Lipinski definition) is 3. The summed E-state index contributed by atoms with van der Waals surface area (Å²) in [5.41, 5.74) is 0.863. The molecule has 0 aliphatic heterocycles. The molecule has 0 spiro atoms. The molecule has 1 fully saturated rings. The van der Waals surface area contributed by atoms with Gasteiger partial charge in [-0.25, -0.2) is 0 Å². The predicted octanol–water partition coefficient (Wildman–Crippen LogP) is 3.69. The van der Waals surface area contributed by atoms with Gasteiger partial charge in [-0.1, -0.05) is 19.0 Å². The van der Waals surface area contributed by atoms with Crippen molar-refractivity contribution in [2.75, 3.05) is 5.75 Å². The Labute approximate surface area is 118 Å². The smallest absolute Gasteiger partial charge is 0.149 e. The van der Waals surface area contributed by atoms with Gasteiger partial charge < -0.3 is 4.52 Å². The van der Waals surface area contributed by atoms with Gasteiger partial charge in [-0.15, -0.1) is 0 Å². The van der Waals surface area contributed by atoms with Crippen molar-refractivity contribution in [2.45, 2.75) is 52.2 Å². The van der Waals surface area contributed by atoms with E-state index in [4.69, 9.17) is 4.52 Å². The summed E-state index contributed by atoms with van der Waals surface area (Å²) >= 11 is 0. The van der Waals surface area contributed by atoms with E-state index in [0.717, 1.165) is 41.4 Å². The molecule has 1 aromatic heterocycles. The molecule has 2 rings (SSSR count). The Bertz CT molecular complexity index is 420. The monoisotopic (exact) mass is 283 g/mol. The Morgan fingerprint density at radius 2 is 2.00 bits per heavy atom. The topological polar surface area (TPSA) is 43.1 Å². The second-order valence-corrected chi connectivity index (χ2v) is 7.87. The molecule has 0 aromatic carbocycles. The van der Waals surface area contributed by atoms with Crippen LogP contribution in [0, 0.1) is 24.7 Å². The van der Waals surface area contributed by atoms with Crippen molar-refractivity contribution in [1.29, 1.82) is 0 Å². The van der Waals surface area contributed by atoms with Crippen LogP contribution in [0.4, 0.5) is 0 Å². The first-order valence-corrected chi connectivity index (χ1v) is 8.79. The second-order valence-electron chi connectivity index (χ2n) is 6.30. The van der Waals surface area contributed by atoms with Crippen LogP contribution >= 0.6 is 0 Å². The molecular formula is C15H25NO2S. The molecule has 108 valence electrons. The van der Waals surface area contributed by atoms with Crippen LogP contribution < -0.4 is 0 Å². The van der Waals surface area contributed by atoms with Gasteiger partial charge in [0.15, 0.2) is 0 Å². The maximum absolute atomic E-state index is 12.1. The van der Waals surface area contributed by atoms with Gasteiger partial charge in [0.05, 0.1) is 11.4 Å². The number of aromatic nitrogens is 1. The van der Waals surface area contributed by atoms with Gasteiger partial charge in [-0.2, -0.15) is 0 Å². The lowest BCUT2D eigenvalue weighted by molar-refractivity contribution is 0.215. The fourth-order valence-electron chi connectivity index (χ4n) is 3.36. The Kier molecular flexibility index (Phi) is 5.20. The molecule has 0 N–H and O–H groups in total. The quantitative estimate of drug-likeness (QED) is 0.827. The van der Waals surface area contributed by atoms with Crippen molar-refractivity contribution in [2.24, 2.45) is 17.8 Å². The summed E-state index contributed by atoms with van der Waals surface area (Å²) < 4.78 is 17.2. The largest absolute Gasteiger partial charge is 0.360 e. The van der Waals surface area contributed by atoms with E-state index in [0.29, 0.717) is 5.75 Å². The lowest BCUT2D eigenvalue weighted by Crippen LogP contribution is -2.21. The van der Waals surface area contributed by atoms with Gasteiger partial charge in [0, 0.05) is 22.6 Å². The molecule has 0 amide bonds. The van der Waals surface area contributed by atoms with Crippen molar-refractivity contribution in [1.82, 2.24) is 5.16 Å². The van der Waals surface area contributed by atoms with E-state index in [1.54, 1.807) is 0 Å². The Balaban J connectivity index is 1.74. The average molecular weight is 283 g/mol. The summed E-state index contributed by atoms with van der Waals surface area (Å²) in [7, 11) is -0.816. The number of rotatable bonds is 5. The third-order valence-electron chi connectivity index (χ3n) is 4.01. The highest BCUT2D eigenvalue weighted by Gasteiger charge is 2.24. The average Bonchev–Trinajstić information content (AvgIpc) is 2.71. The molecule has 4 heteroatoms. The Morgan fingerprint density at radius 1 is 1.32 bits per heavy atom. The van der Waals surface area contributed by atoms with E-state index in [1.807, 2.05) is 13.0 Å². The third-order valence-corrected chi connectivity index (χ3v) is 5.31. The summed E-state index contributed by atoms with van der Waals surface area (Å²) in [6, 6.07) is 1.88. The summed E-state index contributed by atoms with van der Waals surface area (Å²) in [5, 5.41) is 3.83. The zero-order valence-corrected chi connectivity index (χ0v) is 13.0. The Morgan fingerprint density at radius 3 is 2.58 bits per heavy atom. The molecule has 1 aliphatic carbocycles. The summed E-state index contributed by atoms with van der Waals surface area (Å²) in [5.74, 6) is 4.49. The lowest BCUT2D eigenvalue weighted by Gasteiger charge is -2.31. The van der Waals surface area contributed by atoms with Gasteiger partial charge >= 0.3 is 0 Å². The first-order valence-electron chi connectivity index (χ1n) is 7.30. The van der Waals surface area contributed by atoms with Gasteiger partial charge in [-0.3, -0.25) is 4.21 Å². The van der Waals surface area contributed by atoms with Crippen molar-refractivity contribution < 1.29 is 8.73 Å². The fraction of sp³-hybridized carbons (Fsp3) is 0.800. The molecule has 1 aromatic rings. The first-order chi connectivity index (χ1) is 9.02. The summed E-state index contributed by atoms with van der Waals surface area (Å²) in [4.78, 5) is 0. The first kappa shape index (κ1) is 14.8. The molecule has 0 radical (unpaired) electrons. The third kappa shape index (κ3) is 4.75. The van der Waals surface area contributed by atoms with Crippen molar-refractivity contribution in [3.63, 3.8) is 0 Å². The minimum Gasteiger partial charge on any atom is -0.360 e. The van der Waals surface area contributed by atoms with Crippen LogP contribution in [0.3, 0.4) is 0 Å². The van der Waals surface area contributed by atoms with E-state index >= 15 is 0 Å². The van der Waals surface area contributed by atoms with E-state index < -0.39 is 10.8 Å². The number of nitrogens with zero attached hydrogens (tertiary/aromatic N) is 1. The van der Waals surface area contributed by atoms with E-state index in [2.05, 4.69) is 19.0 Å². The van der Waals surface area contributed by atoms with E-state index in [9.17, 15) is 4.21 Å². The fourth-order valence-corrected chi connectivity index (χ4v) is 4.56. The lowest BCUT2D eigenvalue weighted by atomic mass is 9.76. The molecular weight excluding hydrogens is 258 g/mol. The zero-order chi connectivity index (χ0) is 13.8. The van der Waals surface area contributed by atoms with Gasteiger partial charge in [0.1, 0.15) is 5.76 Å². The van der Waals surface area contributed by atoms with Crippen LogP contribution in [0.25, 0.3) is 0 Å². The van der Waals surface area contributed by atoms with Crippen LogP contribution in [-0.2, 0) is 16.6 Å². The van der Waals surface area contributed by atoms with Crippen LogP contribution in [0.1, 0.15) is 51.0 Å². The molecule has 19 heavy (non-hydrogen) atoms. The molecule has 0 saturated heterocycles. The second kappa shape index (κ2) is 6.69.